The molecule has 0 spiro atoms. The van der Waals surface area contributed by atoms with Crippen molar-refractivity contribution in [1.82, 2.24) is 9.55 Å². The average molecular weight is 502 g/mol. The molecule has 2 aromatic carbocycles. The van der Waals surface area contributed by atoms with Crippen LogP contribution in [0.3, 0.4) is 0 Å². The summed E-state index contributed by atoms with van der Waals surface area (Å²) in [7, 11) is 0. The first kappa shape index (κ1) is 24.1. The number of nitrogens with two attached hydrogens (primary N) is 1. The van der Waals surface area contributed by atoms with E-state index < -0.39 is 11.3 Å². The molecule has 37 heavy (non-hydrogen) atoms. The van der Waals surface area contributed by atoms with E-state index in [2.05, 4.69) is 32.7 Å². The number of nitrogens with zero attached hydrogens (tertiary/aromatic N) is 4. The van der Waals surface area contributed by atoms with Crippen molar-refractivity contribution in [2.75, 3.05) is 31.2 Å². The van der Waals surface area contributed by atoms with Gasteiger partial charge in [-0.05, 0) is 55.0 Å². The number of benzene rings is 2. The summed E-state index contributed by atoms with van der Waals surface area (Å²) in [6.07, 6.45) is 12.0. The largest absolute Gasteiger partial charge is 0.396 e. The van der Waals surface area contributed by atoms with Gasteiger partial charge in [-0.3, -0.25) is 9.79 Å². The van der Waals surface area contributed by atoms with Crippen molar-refractivity contribution in [2.45, 2.75) is 57.4 Å². The van der Waals surface area contributed by atoms with Crippen molar-refractivity contribution in [1.29, 1.82) is 0 Å². The van der Waals surface area contributed by atoms with Crippen molar-refractivity contribution in [3.63, 3.8) is 0 Å². The predicted molar refractivity (Wildman–Crippen MR) is 146 cm³/mol. The zero-order valence-corrected chi connectivity index (χ0v) is 21.2. The quantitative estimate of drug-likeness (QED) is 0.469. The van der Waals surface area contributed by atoms with E-state index in [0.717, 1.165) is 39.1 Å². The monoisotopic (exact) mass is 501 g/mol. The molecule has 0 atom stereocenters. The Balaban J connectivity index is 1.41. The van der Waals surface area contributed by atoms with Crippen LogP contribution in [0.1, 0.15) is 66.9 Å². The average Bonchev–Trinajstić information content (AvgIpc) is 3.60. The molecule has 3 aliphatic rings. The summed E-state index contributed by atoms with van der Waals surface area (Å²) in [5.74, 6) is -0.453. The summed E-state index contributed by atoms with van der Waals surface area (Å²) in [6, 6.07) is 9.00. The van der Waals surface area contributed by atoms with Crippen molar-refractivity contribution in [3.05, 3.63) is 41.7 Å². The Kier molecular flexibility index (Phi) is 6.24. The Labute approximate surface area is 216 Å². The highest BCUT2D eigenvalue weighted by Gasteiger charge is 2.35. The molecule has 8 nitrogen and oxygen atoms in total. The molecule has 0 unspecified atom stereocenters. The molecule has 1 saturated heterocycles. The molecule has 3 heterocycles. The fourth-order valence-electron chi connectivity index (χ4n) is 6.47. The molecule has 3 aromatic rings. The number of imidazole rings is 1. The molecule has 8 heteroatoms. The van der Waals surface area contributed by atoms with Gasteiger partial charge in [0.2, 0.25) is 0 Å². The molecular formula is C29H35N5O3. The number of fused-ring (bicyclic) bond motifs is 2. The zero-order chi connectivity index (χ0) is 25.6. The summed E-state index contributed by atoms with van der Waals surface area (Å²) in [4.78, 5) is 24.3. The molecule has 6 rings (SSSR count). The van der Waals surface area contributed by atoms with Gasteiger partial charge in [0.1, 0.15) is 0 Å². The van der Waals surface area contributed by atoms with E-state index in [0.29, 0.717) is 44.0 Å². The van der Waals surface area contributed by atoms with Gasteiger partial charge in [0, 0.05) is 42.7 Å². The number of rotatable bonds is 6. The number of aliphatic imine (C=N–C) groups is 1. The van der Waals surface area contributed by atoms with Crippen LogP contribution in [0, 0.1) is 5.41 Å². The smallest absolute Gasteiger partial charge is 0.251 e. The van der Waals surface area contributed by atoms with Crippen LogP contribution in [0.15, 0.2) is 35.6 Å². The fourth-order valence-corrected chi connectivity index (χ4v) is 6.47. The van der Waals surface area contributed by atoms with E-state index >= 15 is 0 Å². The molecular weight excluding hydrogens is 466 g/mol. The number of piperidine rings is 1. The van der Waals surface area contributed by atoms with Gasteiger partial charge in [0.15, 0.2) is 0 Å². The molecule has 0 bridgehead atoms. The third kappa shape index (κ3) is 4.12. The Morgan fingerprint density at radius 3 is 2.54 bits per heavy atom. The lowest BCUT2D eigenvalue weighted by Gasteiger charge is -2.41. The molecule has 2 fully saturated rings. The third-order valence-electron chi connectivity index (χ3n) is 8.83. The van der Waals surface area contributed by atoms with Gasteiger partial charge in [0.25, 0.3) is 5.91 Å². The summed E-state index contributed by atoms with van der Waals surface area (Å²) >= 11 is 0. The van der Waals surface area contributed by atoms with Crippen LogP contribution in [0.4, 0.5) is 11.4 Å². The maximum atomic E-state index is 12.7. The lowest BCUT2D eigenvalue weighted by atomic mass is 9.79. The van der Waals surface area contributed by atoms with Crippen molar-refractivity contribution < 1.29 is 15.0 Å². The summed E-state index contributed by atoms with van der Waals surface area (Å²) in [6.45, 7) is 1.17. The molecule has 1 amide bonds. The third-order valence-corrected chi connectivity index (χ3v) is 8.83. The van der Waals surface area contributed by atoms with Gasteiger partial charge in [-0.25, -0.2) is 4.98 Å². The van der Waals surface area contributed by atoms with Crippen molar-refractivity contribution in [3.8, 4) is 11.1 Å². The zero-order valence-electron chi connectivity index (χ0n) is 21.2. The molecule has 1 aromatic heterocycles. The second-order valence-electron chi connectivity index (χ2n) is 11.0. The number of aliphatic hydroxyl groups is 2. The van der Waals surface area contributed by atoms with Gasteiger partial charge in [-0.15, -0.1) is 0 Å². The first-order valence-corrected chi connectivity index (χ1v) is 13.5. The van der Waals surface area contributed by atoms with Crippen molar-refractivity contribution >= 4 is 34.5 Å². The second-order valence-corrected chi connectivity index (χ2v) is 11.0. The first-order chi connectivity index (χ1) is 18.0. The topological polar surface area (TPSA) is 117 Å². The van der Waals surface area contributed by atoms with Gasteiger partial charge in [-0.1, -0.05) is 25.3 Å². The van der Waals surface area contributed by atoms with Gasteiger partial charge in [0.05, 0.1) is 47.5 Å². The molecule has 1 aliphatic carbocycles. The van der Waals surface area contributed by atoms with E-state index in [-0.39, 0.29) is 13.2 Å². The molecule has 194 valence electrons. The number of anilines is 1. The number of aliphatic hydroxyl groups excluding tert-OH is 2. The summed E-state index contributed by atoms with van der Waals surface area (Å²) in [5.41, 5.74) is 12.6. The first-order valence-electron chi connectivity index (χ1n) is 13.5. The van der Waals surface area contributed by atoms with Crippen LogP contribution in [0.25, 0.3) is 22.2 Å². The number of hydrogen-bond donors (Lipinski definition) is 3. The number of carbonyl (C=O) groups excluding carboxylic acids is 1. The van der Waals surface area contributed by atoms with E-state index in [9.17, 15) is 15.0 Å². The summed E-state index contributed by atoms with van der Waals surface area (Å²) < 4.78 is 2.34. The van der Waals surface area contributed by atoms with Crippen LogP contribution in [0.2, 0.25) is 0 Å². The second kappa shape index (κ2) is 9.58. The highest BCUT2D eigenvalue weighted by Crippen LogP contribution is 2.45. The number of primary amides is 1. The van der Waals surface area contributed by atoms with Crippen LogP contribution in [0.5, 0.6) is 0 Å². The summed E-state index contributed by atoms with van der Waals surface area (Å²) in [5, 5.41) is 19.7. The lowest BCUT2D eigenvalue weighted by molar-refractivity contribution is 0.0340. The van der Waals surface area contributed by atoms with E-state index in [1.807, 2.05) is 18.6 Å². The van der Waals surface area contributed by atoms with Crippen molar-refractivity contribution in [2.24, 2.45) is 16.1 Å². The van der Waals surface area contributed by atoms with Gasteiger partial charge in [-0.2, -0.15) is 0 Å². The molecule has 0 radical (unpaired) electrons. The number of carbonyl (C=O) groups is 1. The van der Waals surface area contributed by atoms with E-state index in [1.165, 1.54) is 32.1 Å². The maximum Gasteiger partial charge on any atom is 0.251 e. The molecule has 2 aliphatic heterocycles. The Morgan fingerprint density at radius 2 is 1.84 bits per heavy atom. The Hall–Kier alpha value is -3.23. The Morgan fingerprint density at radius 1 is 1.08 bits per heavy atom. The standard InChI is InChI=1S/C29H35N5O3/c30-28(37)26-21-8-11-31-27(21)22(15-25(26)33-12-9-29(16-35,17-36)10-13-33)19-6-7-24-23(14-19)32-18-34(24)20-4-2-1-3-5-20/h6-7,11,14-15,18,20,35-36H,1-5,8-10,12-13,16-17H2,(H2,30,37). The van der Waals surface area contributed by atoms with Crippen LogP contribution < -0.4 is 10.6 Å². The van der Waals surface area contributed by atoms with Crippen LogP contribution in [-0.2, 0) is 6.42 Å². The molecule has 1 saturated carbocycles. The molecule has 4 N–H and O–H groups in total. The van der Waals surface area contributed by atoms with Crippen LogP contribution >= 0.6 is 0 Å². The maximum absolute atomic E-state index is 12.7. The normalized spacial score (nSPS) is 19.5. The minimum Gasteiger partial charge on any atom is -0.396 e. The highest BCUT2D eigenvalue weighted by atomic mass is 16.3. The minimum absolute atomic E-state index is 0.0448. The van der Waals surface area contributed by atoms with E-state index in [4.69, 9.17) is 10.7 Å². The number of hydrogen-bond acceptors (Lipinski definition) is 6. The minimum atomic E-state index is -0.478. The Bertz CT molecular complexity index is 1360. The van der Waals surface area contributed by atoms with E-state index in [1.54, 1.807) is 0 Å². The van der Waals surface area contributed by atoms with Gasteiger partial charge >= 0.3 is 0 Å². The SMILES string of the molecule is NC(=O)c1c(N2CCC(CO)(CO)CC2)cc(-c2ccc3c(c2)ncn3C2CCCCC2)c2c1CC=N2. The van der Waals surface area contributed by atoms with Gasteiger partial charge < -0.3 is 25.4 Å². The lowest BCUT2D eigenvalue weighted by Crippen LogP contribution is -2.44. The van der Waals surface area contributed by atoms with Crippen LogP contribution in [-0.4, -0.2) is 58.2 Å². The fraction of sp³-hybridized carbons (Fsp3) is 0.483. The predicted octanol–water partition coefficient (Wildman–Crippen LogP) is 4.14. The highest BCUT2D eigenvalue weighted by molar-refractivity contribution is 6.06. The number of aromatic nitrogens is 2. The number of amides is 1.